The van der Waals surface area contributed by atoms with Gasteiger partial charge in [0.2, 0.25) is 5.78 Å². The molecular weight excluding hydrogens is 364 g/mol. The van der Waals surface area contributed by atoms with E-state index in [4.69, 9.17) is 4.74 Å². The molecule has 1 aromatic heterocycles. The number of esters is 1. The van der Waals surface area contributed by atoms with Crippen molar-refractivity contribution in [3.63, 3.8) is 0 Å². The molecule has 5 heteroatoms. The Labute approximate surface area is 171 Å². The minimum absolute atomic E-state index is 0.106. The third kappa shape index (κ3) is 4.32. The highest BCUT2D eigenvalue weighted by molar-refractivity contribution is 6.02. The van der Waals surface area contributed by atoms with Crippen LogP contribution in [0.1, 0.15) is 62.9 Å². The van der Waals surface area contributed by atoms with E-state index in [1.807, 2.05) is 58.9 Å². The van der Waals surface area contributed by atoms with Gasteiger partial charge in [0.1, 0.15) is 11.6 Å². The van der Waals surface area contributed by atoms with Gasteiger partial charge >= 0.3 is 5.97 Å². The lowest BCUT2D eigenvalue weighted by Crippen LogP contribution is -2.16. The van der Waals surface area contributed by atoms with Gasteiger partial charge in [0.15, 0.2) is 6.61 Å². The van der Waals surface area contributed by atoms with Crippen molar-refractivity contribution in [1.82, 2.24) is 4.57 Å². The number of hydrogen-bond donors (Lipinski definition) is 0. The van der Waals surface area contributed by atoms with E-state index in [9.17, 15) is 14.9 Å². The van der Waals surface area contributed by atoms with E-state index in [0.717, 1.165) is 46.5 Å². The zero-order chi connectivity index (χ0) is 21.3. The standard InChI is InChI=1S/C24H26N2O3/c1-14-8-16(3)22(9-15(14)2)23(27)13-29-24(28)20(12-25)11-19-10-17(4)26(18(19)5)21-6-7-21/h8-11,21H,6-7,13H2,1-5H3/b20-11+. The van der Waals surface area contributed by atoms with Gasteiger partial charge in [-0.05, 0) is 87.9 Å². The van der Waals surface area contributed by atoms with Crippen LogP contribution < -0.4 is 0 Å². The number of Topliss-reactive ketones (excluding diaryl/α,β-unsaturated/α-hetero) is 1. The van der Waals surface area contributed by atoms with Crippen molar-refractivity contribution in [1.29, 1.82) is 5.26 Å². The minimum Gasteiger partial charge on any atom is -0.453 e. The largest absolute Gasteiger partial charge is 0.453 e. The summed E-state index contributed by atoms with van der Waals surface area (Å²) in [4.78, 5) is 24.9. The molecule has 0 radical (unpaired) electrons. The summed E-state index contributed by atoms with van der Waals surface area (Å²) >= 11 is 0. The van der Waals surface area contributed by atoms with Crippen LogP contribution >= 0.6 is 0 Å². The van der Waals surface area contributed by atoms with Crippen LogP contribution in [0.4, 0.5) is 0 Å². The zero-order valence-corrected chi connectivity index (χ0v) is 17.6. The van der Waals surface area contributed by atoms with Crippen LogP contribution in [0, 0.1) is 45.9 Å². The van der Waals surface area contributed by atoms with Gasteiger partial charge in [0.25, 0.3) is 0 Å². The molecule has 0 saturated heterocycles. The molecule has 0 aliphatic heterocycles. The van der Waals surface area contributed by atoms with E-state index in [1.165, 1.54) is 0 Å². The Morgan fingerprint density at radius 1 is 1.10 bits per heavy atom. The highest BCUT2D eigenvalue weighted by atomic mass is 16.5. The van der Waals surface area contributed by atoms with E-state index in [1.54, 1.807) is 6.08 Å². The molecule has 0 bridgehead atoms. The Morgan fingerprint density at radius 3 is 2.38 bits per heavy atom. The second-order valence-electron chi connectivity index (χ2n) is 7.85. The maximum Gasteiger partial charge on any atom is 0.349 e. The summed E-state index contributed by atoms with van der Waals surface area (Å²) < 4.78 is 7.41. The summed E-state index contributed by atoms with van der Waals surface area (Å²) in [6.07, 6.45) is 3.87. The predicted molar refractivity (Wildman–Crippen MR) is 112 cm³/mol. The lowest BCUT2D eigenvalue weighted by Gasteiger charge is -2.09. The van der Waals surface area contributed by atoms with Crippen LogP contribution in [0.2, 0.25) is 0 Å². The van der Waals surface area contributed by atoms with Gasteiger partial charge in [0, 0.05) is 23.0 Å². The van der Waals surface area contributed by atoms with Crippen molar-refractivity contribution in [2.45, 2.75) is 53.5 Å². The van der Waals surface area contributed by atoms with Gasteiger partial charge in [0.05, 0.1) is 0 Å². The molecule has 1 saturated carbocycles. The van der Waals surface area contributed by atoms with E-state index in [2.05, 4.69) is 4.57 Å². The van der Waals surface area contributed by atoms with Gasteiger partial charge in [-0.25, -0.2) is 4.79 Å². The third-order valence-electron chi connectivity index (χ3n) is 5.55. The van der Waals surface area contributed by atoms with Crippen molar-refractivity contribution >= 4 is 17.8 Å². The fourth-order valence-corrected chi connectivity index (χ4v) is 3.68. The fourth-order valence-electron chi connectivity index (χ4n) is 3.68. The number of rotatable bonds is 6. The van der Waals surface area contributed by atoms with E-state index < -0.39 is 5.97 Å². The molecule has 0 amide bonds. The number of nitriles is 1. The number of benzene rings is 1. The zero-order valence-electron chi connectivity index (χ0n) is 17.6. The summed E-state index contributed by atoms with van der Waals surface area (Å²) in [6.45, 7) is 9.41. The summed E-state index contributed by atoms with van der Waals surface area (Å²) in [6, 6.07) is 8.16. The molecule has 0 spiro atoms. The molecular formula is C24H26N2O3. The number of aromatic nitrogens is 1. The van der Waals surface area contributed by atoms with Crippen LogP contribution in [-0.4, -0.2) is 22.9 Å². The summed E-state index contributed by atoms with van der Waals surface area (Å²) in [5.74, 6) is -1.05. The number of carbonyl (C=O) groups is 2. The monoisotopic (exact) mass is 390 g/mol. The van der Waals surface area contributed by atoms with Crippen LogP contribution in [0.15, 0.2) is 23.8 Å². The maximum absolute atomic E-state index is 12.5. The Morgan fingerprint density at radius 2 is 1.76 bits per heavy atom. The first-order valence-electron chi connectivity index (χ1n) is 9.81. The molecule has 0 atom stereocenters. The smallest absolute Gasteiger partial charge is 0.349 e. The first kappa shape index (κ1) is 20.6. The normalized spacial score (nSPS) is 13.9. The maximum atomic E-state index is 12.5. The number of nitrogens with zero attached hydrogens (tertiary/aromatic N) is 2. The number of ether oxygens (including phenoxy) is 1. The summed E-state index contributed by atoms with van der Waals surface area (Å²) in [5, 5.41) is 9.43. The number of ketones is 1. The van der Waals surface area contributed by atoms with Gasteiger partial charge in [-0.3, -0.25) is 4.79 Å². The summed E-state index contributed by atoms with van der Waals surface area (Å²) in [7, 11) is 0. The minimum atomic E-state index is -0.779. The highest BCUT2D eigenvalue weighted by Crippen LogP contribution is 2.38. The fraction of sp³-hybridized carbons (Fsp3) is 0.375. The van der Waals surface area contributed by atoms with E-state index in [-0.39, 0.29) is 18.0 Å². The van der Waals surface area contributed by atoms with Crippen LogP contribution in [-0.2, 0) is 9.53 Å². The number of hydrogen-bond acceptors (Lipinski definition) is 4. The second-order valence-corrected chi connectivity index (χ2v) is 7.85. The van der Waals surface area contributed by atoms with Crippen LogP contribution in [0.25, 0.3) is 6.08 Å². The van der Waals surface area contributed by atoms with E-state index >= 15 is 0 Å². The lowest BCUT2D eigenvalue weighted by atomic mass is 9.98. The highest BCUT2D eigenvalue weighted by Gasteiger charge is 2.27. The molecule has 3 rings (SSSR count). The first-order chi connectivity index (χ1) is 13.7. The molecule has 2 aromatic rings. The Balaban J connectivity index is 1.73. The van der Waals surface area contributed by atoms with Gasteiger partial charge in [-0.15, -0.1) is 0 Å². The third-order valence-corrected chi connectivity index (χ3v) is 5.55. The molecule has 5 nitrogen and oxygen atoms in total. The van der Waals surface area contributed by atoms with Gasteiger partial charge < -0.3 is 9.30 Å². The molecule has 1 heterocycles. The first-order valence-corrected chi connectivity index (χ1v) is 9.81. The molecule has 0 unspecified atom stereocenters. The average Bonchev–Trinajstić information content (AvgIpc) is 3.46. The molecule has 1 aromatic carbocycles. The van der Waals surface area contributed by atoms with Crippen LogP contribution in [0.3, 0.4) is 0 Å². The number of aryl methyl sites for hydroxylation is 4. The molecule has 0 N–H and O–H groups in total. The van der Waals surface area contributed by atoms with Crippen molar-refractivity contribution < 1.29 is 14.3 Å². The van der Waals surface area contributed by atoms with E-state index in [0.29, 0.717) is 11.6 Å². The van der Waals surface area contributed by atoms with Crippen molar-refractivity contribution in [2.24, 2.45) is 0 Å². The van der Waals surface area contributed by atoms with Gasteiger partial charge in [-0.2, -0.15) is 5.26 Å². The topological polar surface area (TPSA) is 72.1 Å². The second kappa shape index (κ2) is 8.08. The van der Waals surface area contributed by atoms with Gasteiger partial charge in [-0.1, -0.05) is 6.07 Å². The average molecular weight is 390 g/mol. The molecule has 1 aliphatic rings. The predicted octanol–water partition coefficient (Wildman–Crippen LogP) is 4.70. The van der Waals surface area contributed by atoms with Crippen LogP contribution in [0.5, 0.6) is 0 Å². The van der Waals surface area contributed by atoms with Crippen molar-refractivity contribution in [3.05, 3.63) is 63.0 Å². The Hall–Kier alpha value is -3.13. The van der Waals surface area contributed by atoms with Crippen molar-refractivity contribution in [2.75, 3.05) is 6.61 Å². The lowest BCUT2D eigenvalue weighted by molar-refractivity contribution is -0.137. The molecule has 150 valence electrons. The SMILES string of the molecule is Cc1cc(C)c(C(=O)COC(=O)/C(C#N)=C/c2cc(C)n(C3CC3)c2C)cc1C. The molecule has 1 aliphatic carbocycles. The van der Waals surface area contributed by atoms with Crippen molar-refractivity contribution in [3.8, 4) is 6.07 Å². The quantitative estimate of drug-likeness (QED) is 0.310. The Kier molecular flexibility index (Phi) is 5.74. The Bertz CT molecular complexity index is 1060. The number of carbonyl (C=O) groups excluding carboxylic acids is 2. The molecule has 1 fully saturated rings. The summed E-state index contributed by atoms with van der Waals surface area (Å²) in [5.41, 5.74) is 6.37. The molecule has 29 heavy (non-hydrogen) atoms.